The fraction of sp³-hybridized carbons (Fsp3) is 0.111. The van der Waals surface area contributed by atoms with Crippen molar-refractivity contribution in [3.05, 3.63) is 86.9 Å². The van der Waals surface area contributed by atoms with Gasteiger partial charge in [0.1, 0.15) is 12.2 Å². The van der Waals surface area contributed by atoms with Gasteiger partial charge in [-0.05, 0) is 29.9 Å². The number of benzene rings is 2. The summed E-state index contributed by atoms with van der Waals surface area (Å²) in [5.74, 6) is 0.356. The average Bonchev–Trinajstić information content (AvgIpc) is 3.04. The number of rotatable bonds is 4. The van der Waals surface area contributed by atoms with E-state index in [2.05, 4.69) is 15.2 Å². The molecule has 4 rings (SSSR count). The second-order valence-corrected chi connectivity index (χ2v) is 5.98. The van der Waals surface area contributed by atoms with E-state index >= 15 is 0 Å². The Hall–Kier alpha value is -3.06. The molecule has 7 heteroatoms. The topological polar surface area (TPSA) is 76.7 Å². The smallest absolute Gasteiger partial charge is 0.284 e. The van der Waals surface area contributed by atoms with Gasteiger partial charge in [-0.15, -0.1) is 5.10 Å². The van der Waals surface area contributed by atoms with E-state index in [4.69, 9.17) is 16.6 Å². The fourth-order valence-electron chi connectivity index (χ4n) is 2.77. The molecular formula is C18H14N4O2S. The van der Waals surface area contributed by atoms with Gasteiger partial charge in [-0.1, -0.05) is 42.5 Å². The third-order valence-electron chi connectivity index (χ3n) is 3.91. The van der Waals surface area contributed by atoms with Crippen LogP contribution >= 0.6 is 12.2 Å². The standard InChI is InChI=1S/C18H14N4O2S/c23-17-14(10-12-6-2-1-3-7-12)19-13-8-4-5-9-15(13)22(17)11-16-20-21-18(25)24-16/h1-9H,10-11H2,(H,21,25). The van der Waals surface area contributed by atoms with Crippen molar-refractivity contribution in [3.8, 4) is 0 Å². The number of nitrogens with one attached hydrogen (secondary N) is 1. The third kappa shape index (κ3) is 3.14. The van der Waals surface area contributed by atoms with Crippen molar-refractivity contribution in [2.75, 3.05) is 0 Å². The van der Waals surface area contributed by atoms with E-state index in [0.29, 0.717) is 18.0 Å². The number of hydrogen-bond acceptors (Lipinski definition) is 5. The Labute approximate surface area is 147 Å². The van der Waals surface area contributed by atoms with Gasteiger partial charge in [0.2, 0.25) is 5.89 Å². The number of H-pyrrole nitrogens is 1. The van der Waals surface area contributed by atoms with Gasteiger partial charge in [-0.25, -0.2) is 10.1 Å². The summed E-state index contributed by atoms with van der Waals surface area (Å²) in [5.41, 5.74) is 2.84. The van der Waals surface area contributed by atoms with E-state index in [1.54, 1.807) is 4.57 Å². The summed E-state index contributed by atoms with van der Waals surface area (Å²) < 4.78 is 6.94. The lowest BCUT2D eigenvalue weighted by Gasteiger charge is -2.10. The molecule has 0 aliphatic rings. The molecule has 0 atom stereocenters. The molecule has 0 aliphatic heterocycles. The van der Waals surface area contributed by atoms with Gasteiger partial charge in [0.15, 0.2) is 0 Å². The van der Waals surface area contributed by atoms with Gasteiger partial charge in [0, 0.05) is 6.42 Å². The van der Waals surface area contributed by atoms with E-state index in [0.717, 1.165) is 16.6 Å². The van der Waals surface area contributed by atoms with E-state index in [9.17, 15) is 4.79 Å². The van der Waals surface area contributed by atoms with Crippen molar-refractivity contribution in [2.24, 2.45) is 0 Å². The first-order valence-corrected chi connectivity index (χ1v) is 8.18. The zero-order valence-corrected chi connectivity index (χ0v) is 14.0. The highest BCUT2D eigenvalue weighted by Crippen LogP contribution is 2.13. The first kappa shape index (κ1) is 15.5. The first-order chi connectivity index (χ1) is 12.2. The van der Waals surface area contributed by atoms with Crippen LogP contribution in [0.1, 0.15) is 17.1 Å². The quantitative estimate of drug-likeness (QED) is 0.572. The van der Waals surface area contributed by atoms with E-state index < -0.39 is 0 Å². The molecule has 0 saturated carbocycles. The number of hydrogen-bond donors (Lipinski definition) is 1. The predicted molar refractivity (Wildman–Crippen MR) is 96.0 cm³/mol. The summed E-state index contributed by atoms with van der Waals surface area (Å²) >= 11 is 4.91. The van der Waals surface area contributed by atoms with Gasteiger partial charge < -0.3 is 4.42 Å². The van der Waals surface area contributed by atoms with Crippen molar-refractivity contribution in [3.63, 3.8) is 0 Å². The lowest BCUT2D eigenvalue weighted by atomic mass is 10.1. The Balaban J connectivity index is 1.86. The zero-order valence-electron chi connectivity index (χ0n) is 13.2. The Morgan fingerprint density at radius 2 is 1.84 bits per heavy atom. The van der Waals surface area contributed by atoms with Gasteiger partial charge >= 0.3 is 0 Å². The zero-order chi connectivity index (χ0) is 17.2. The highest BCUT2D eigenvalue weighted by atomic mass is 32.1. The molecule has 0 bridgehead atoms. The van der Waals surface area contributed by atoms with Crippen LogP contribution in [0.5, 0.6) is 0 Å². The lowest BCUT2D eigenvalue weighted by Crippen LogP contribution is -2.26. The lowest BCUT2D eigenvalue weighted by molar-refractivity contribution is 0.465. The Bertz CT molecular complexity index is 1140. The SMILES string of the molecule is O=c1c(Cc2ccccc2)nc2ccccc2n1Cc1n[nH]c(=S)o1. The van der Waals surface area contributed by atoms with Gasteiger partial charge in [0.25, 0.3) is 10.4 Å². The van der Waals surface area contributed by atoms with Crippen molar-refractivity contribution >= 4 is 23.3 Å². The second kappa shape index (κ2) is 6.45. The predicted octanol–water partition coefficient (Wildman–Crippen LogP) is 3.08. The Morgan fingerprint density at radius 3 is 2.60 bits per heavy atom. The fourth-order valence-corrected chi connectivity index (χ4v) is 2.91. The van der Waals surface area contributed by atoms with Crippen molar-refractivity contribution < 1.29 is 4.42 Å². The monoisotopic (exact) mass is 350 g/mol. The summed E-state index contributed by atoms with van der Waals surface area (Å²) in [4.78, 5) is 17.7. The van der Waals surface area contributed by atoms with Crippen molar-refractivity contribution in [1.82, 2.24) is 19.7 Å². The van der Waals surface area contributed by atoms with Crippen LogP contribution in [0.15, 0.2) is 63.8 Å². The van der Waals surface area contributed by atoms with Crippen LogP contribution in [-0.2, 0) is 13.0 Å². The maximum atomic E-state index is 13.0. The minimum Gasteiger partial charge on any atom is -0.412 e. The number of aromatic amines is 1. The minimum absolute atomic E-state index is 0.160. The maximum Gasteiger partial charge on any atom is 0.284 e. The summed E-state index contributed by atoms with van der Waals surface area (Å²) in [5, 5.41) is 6.57. The van der Waals surface area contributed by atoms with E-state index in [-0.39, 0.29) is 16.9 Å². The Morgan fingerprint density at radius 1 is 1.08 bits per heavy atom. The molecule has 2 aromatic carbocycles. The van der Waals surface area contributed by atoms with Gasteiger partial charge in [0.05, 0.1) is 11.0 Å². The molecule has 6 nitrogen and oxygen atoms in total. The molecule has 1 N–H and O–H groups in total. The van der Waals surface area contributed by atoms with Crippen LogP contribution in [0.3, 0.4) is 0 Å². The number of para-hydroxylation sites is 2. The van der Waals surface area contributed by atoms with Crippen molar-refractivity contribution in [1.29, 1.82) is 0 Å². The van der Waals surface area contributed by atoms with Crippen molar-refractivity contribution in [2.45, 2.75) is 13.0 Å². The molecule has 0 amide bonds. The number of fused-ring (bicyclic) bond motifs is 1. The summed E-state index contributed by atoms with van der Waals surface area (Å²) in [7, 11) is 0. The highest BCUT2D eigenvalue weighted by Gasteiger charge is 2.13. The Kier molecular flexibility index (Phi) is 3.99. The summed E-state index contributed by atoms with van der Waals surface area (Å²) in [6, 6.07) is 17.3. The molecule has 0 spiro atoms. The molecule has 2 heterocycles. The molecule has 25 heavy (non-hydrogen) atoms. The van der Waals surface area contributed by atoms with Gasteiger partial charge in [-0.3, -0.25) is 9.36 Å². The van der Waals surface area contributed by atoms with Crippen LogP contribution in [0.2, 0.25) is 0 Å². The molecule has 124 valence electrons. The summed E-state index contributed by atoms with van der Waals surface area (Å²) in [6.07, 6.45) is 0.467. The van der Waals surface area contributed by atoms with Crippen LogP contribution in [0.4, 0.5) is 0 Å². The maximum absolute atomic E-state index is 13.0. The number of aromatic nitrogens is 4. The molecule has 2 aromatic heterocycles. The van der Waals surface area contributed by atoms with Crippen LogP contribution in [0.25, 0.3) is 11.0 Å². The molecule has 0 aliphatic carbocycles. The summed E-state index contributed by atoms with van der Waals surface area (Å²) in [6.45, 7) is 0.191. The van der Waals surface area contributed by atoms with Crippen LogP contribution in [0, 0.1) is 4.84 Å². The molecule has 0 unspecified atom stereocenters. The molecule has 0 saturated heterocycles. The average molecular weight is 350 g/mol. The van der Waals surface area contributed by atoms with E-state index in [1.165, 1.54) is 0 Å². The highest BCUT2D eigenvalue weighted by molar-refractivity contribution is 7.71. The minimum atomic E-state index is -0.160. The third-order valence-corrected chi connectivity index (χ3v) is 4.08. The normalized spacial score (nSPS) is 11.0. The van der Waals surface area contributed by atoms with Crippen LogP contribution in [-0.4, -0.2) is 19.7 Å². The largest absolute Gasteiger partial charge is 0.412 e. The molecule has 0 radical (unpaired) electrons. The van der Waals surface area contributed by atoms with E-state index in [1.807, 2.05) is 54.6 Å². The van der Waals surface area contributed by atoms with Gasteiger partial charge in [-0.2, -0.15) is 0 Å². The van der Waals surface area contributed by atoms with Crippen LogP contribution < -0.4 is 5.56 Å². The molecule has 0 fully saturated rings. The first-order valence-electron chi connectivity index (χ1n) is 7.77. The number of nitrogens with zero attached hydrogens (tertiary/aromatic N) is 3. The second-order valence-electron chi connectivity index (χ2n) is 5.61. The molecular weight excluding hydrogens is 336 g/mol. The molecule has 4 aromatic rings.